The number of para-hydroxylation sites is 2. The summed E-state index contributed by atoms with van der Waals surface area (Å²) in [5.74, 6) is -0.151. The molecular formula is C18H13N3O2. The van der Waals surface area contributed by atoms with E-state index in [1.807, 2.05) is 54.6 Å². The summed E-state index contributed by atoms with van der Waals surface area (Å²) < 4.78 is 5.23. The minimum absolute atomic E-state index is 0.151. The van der Waals surface area contributed by atoms with Crippen LogP contribution in [0, 0.1) is 0 Å². The lowest BCUT2D eigenvalue weighted by Gasteiger charge is -2.07. The molecule has 1 amide bonds. The largest absolute Gasteiger partial charge is 0.356 e. The van der Waals surface area contributed by atoms with Crippen molar-refractivity contribution in [2.75, 3.05) is 5.32 Å². The van der Waals surface area contributed by atoms with E-state index >= 15 is 0 Å². The first-order valence-corrected chi connectivity index (χ1v) is 7.28. The van der Waals surface area contributed by atoms with Gasteiger partial charge in [-0.25, -0.2) is 0 Å². The molecule has 0 atom stereocenters. The number of rotatable bonds is 3. The third kappa shape index (κ3) is 2.53. The van der Waals surface area contributed by atoms with Crippen LogP contribution in [-0.4, -0.2) is 16.0 Å². The molecule has 5 heteroatoms. The van der Waals surface area contributed by atoms with E-state index in [0.717, 1.165) is 16.3 Å². The Morgan fingerprint density at radius 2 is 1.91 bits per heavy atom. The molecule has 0 aliphatic rings. The number of carbonyl (C=O) groups is 1. The Bertz CT molecular complexity index is 1000. The summed E-state index contributed by atoms with van der Waals surface area (Å²) in [4.78, 5) is 16.7. The van der Waals surface area contributed by atoms with Crippen LogP contribution in [0.15, 0.2) is 65.3 Å². The van der Waals surface area contributed by atoms with Gasteiger partial charge in [-0.3, -0.25) is 9.78 Å². The summed E-state index contributed by atoms with van der Waals surface area (Å²) in [6.07, 6.45) is 1.86. The molecule has 2 aromatic heterocycles. The molecular weight excluding hydrogens is 290 g/mol. The molecule has 0 aliphatic carbocycles. The van der Waals surface area contributed by atoms with Crippen molar-refractivity contribution >= 4 is 33.5 Å². The Hall–Kier alpha value is -3.21. The van der Waals surface area contributed by atoms with Crippen LogP contribution in [0.1, 0.15) is 5.69 Å². The zero-order valence-electron chi connectivity index (χ0n) is 12.2. The second-order valence-electron chi connectivity index (χ2n) is 5.23. The van der Waals surface area contributed by atoms with Crippen LogP contribution in [-0.2, 0) is 11.2 Å². The molecule has 0 fully saturated rings. The zero-order chi connectivity index (χ0) is 15.6. The molecule has 112 valence electrons. The molecule has 4 aromatic rings. The average Bonchev–Trinajstić information content (AvgIpc) is 2.98. The maximum absolute atomic E-state index is 12.3. The molecule has 1 N–H and O–H groups in total. The minimum atomic E-state index is -0.151. The van der Waals surface area contributed by atoms with Crippen LogP contribution in [0.25, 0.3) is 21.9 Å². The van der Waals surface area contributed by atoms with Gasteiger partial charge in [0.2, 0.25) is 5.91 Å². The third-order valence-electron chi connectivity index (χ3n) is 3.69. The van der Waals surface area contributed by atoms with Gasteiger partial charge in [-0.05, 0) is 24.3 Å². The molecule has 0 radical (unpaired) electrons. The number of pyridine rings is 1. The van der Waals surface area contributed by atoms with Gasteiger partial charge in [0.1, 0.15) is 5.69 Å². The van der Waals surface area contributed by atoms with Crippen molar-refractivity contribution in [3.63, 3.8) is 0 Å². The normalized spacial score (nSPS) is 11.0. The van der Waals surface area contributed by atoms with E-state index < -0.39 is 0 Å². The third-order valence-corrected chi connectivity index (χ3v) is 3.69. The summed E-state index contributed by atoms with van der Waals surface area (Å²) in [7, 11) is 0. The number of benzene rings is 2. The van der Waals surface area contributed by atoms with Crippen LogP contribution < -0.4 is 5.32 Å². The topological polar surface area (TPSA) is 68.0 Å². The van der Waals surface area contributed by atoms with Crippen LogP contribution in [0.4, 0.5) is 5.69 Å². The van der Waals surface area contributed by atoms with Gasteiger partial charge in [0.05, 0.1) is 17.6 Å². The Morgan fingerprint density at radius 1 is 1.04 bits per heavy atom. The van der Waals surface area contributed by atoms with Gasteiger partial charge in [-0.15, -0.1) is 0 Å². The first kappa shape index (κ1) is 13.5. The standard InChI is InChI=1S/C18H13N3O2/c22-17(11-15-13-7-1-2-9-16(13)23-21-15)20-14-8-3-5-12-6-4-10-19-18(12)14/h1-10H,11H2,(H,20,22). The van der Waals surface area contributed by atoms with Gasteiger partial charge < -0.3 is 9.84 Å². The van der Waals surface area contributed by atoms with Crippen LogP contribution in [0.3, 0.4) is 0 Å². The Balaban J connectivity index is 1.60. The monoisotopic (exact) mass is 303 g/mol. The number of hydrogen-bond acceptors (Lipinski definition) is 4. The zero-order valence-corrected chi connectivity index (χ0v) is 12.2. The minimum Gasteiger partial charge on any atom is -0.356 e. The first-order valence-electron chi connectivity index (χ1n) is 7.28. The predicted octanol–water partition coefficient (Wildman–Crippen LogP) is 3.56. The van der Waals surface area contributed by atoms with Gasteiger partial charge in [0.25, 0.3) is 0 Å². The predicted molar refractivity (Wildman–Crippen MR) is 88.1 cm³/mol. The number of amides is 1. The number of fused-ring (bicyclic) bond motifs is 2. The molecule has 0 bridgehead atoms. The van der Waals surface area contributed by atoms with Gasteiger partial charge in [-0.1, -0.05) is 35.5 Å². The van der Waals surface area contributed by atoms with Crippen LogP contribution in [0.2, 0.25) is 0 Å². The molecule has 23 heavy (non-hydrogen) atoms. The molecule has 2 aromatic carbocycles. The van der Waals surface area contributed by atoms with E-state index in [1.54, 1.807) is 6.20 Å². The lowest BCUT2D eigenvalue weighted by molar-refractivity contribution is -0.115. The Morgan fingerprint density at radius 3 is 2.87 bits per heavy atom. The second-order valence-corrected chi connectivity index (χ2v) is 5.23. The maximum atomic E-state index is 12.3. The van der Waals surface area contributed by atoms with E-state index in [-0.39, 0.29) is 12.3 Å². The second kappa shape index (κ2) is 5.53. The summed E-state index contributed by atoms with van der Waals surface area (Å²) in [6, 6.07) is 17.0. The highest BCUT2D eigenvalue weighted by Gasteiger charge is 2.13. The Kier molecular flexibility index (Phi) is 3.24. The first-order chi connectivity index (χ1) is 11.3. The number of aromatic nitrogens is 2. The highest BCUT2D eigenvalue weighted by molar-refractivity contribution is 6.01. The number of carbonyl (C=O) groups excluding carboxylic acids is 1. The van der Waals surface area contributed by atoms with E-state index in [0.29, 0.717) is 17.0 Å². The summed E-state index contributed by atoms with van der Waals surface area (Å²) >= 11 is 0. The van der Waals surface area contributed by atoms with Gasteiger partial charge in [0, 0.05) is 17.0 Å². The fraction of sp³-hybridized carbons (Fsp3) is 0.0556. The van der Waals surface area contributed by atoms with Crippen molar-refractivity contribution in [1.82, 2.24) is 10.1 Å². The molecule has 0 saturated heterocycles. The smallest absolute Gasteiger partial charge is 0.230 e. The number of hydrogen-bond donors (Lipinski definition) is 1. The van der Waals surface area contributed by atoms with Gasteiger partial charge in [-0.2, -0.15) is 0 Å². The summed E-state index contributed by atoms with van der Waals surface area (Å²) in [6.45, 7) is 0. The van der Waals surface area contributed by atoms with E-state index in [4.69, 9.17) is 4.52 Å². The number of nitrogens with one attached hydrogen (secondary N) is 1. The molecule has 0 unspecified atom stereocenters. The van der Waals surface area contributed by atoms with Crippen molar-refractivity contribution in [1.29, 1.82) is 0 Å². The van der Waals surface area contributed by atoms with Crippen LogP contribution in [0.5, 0.6) is 0 Å². The van der Waals surface area contributed by atoms with Crippen molar-refractivity contribution in [2.24, 2.45) is 0 Å². The maximum Gasteiger partial charge on any atom is 0.230 e. The summed E-state index contributed by atoms with van der Waals surface area (Å²) in [5, 5.41) is 8.74. The fourth-order valence-corrected chi connectivity index (χ4v) is 2.62. The highest BCUT2D eigenvalue weighted by atomic mass is 16.5. The number of nitrogens with zero attached hydrogens (tertiary/aromatic N) is 2. The average molecular weight is 303 g/mol. The van der Waals surface area contributed by atoms with Gasteiger partial charge in [0.15, 0.2) is 5.58 Å². The Labute approximate surface area is 131 Å². The fourth-order valence-electron chi connectivity index (χ4n) is 2.62. The lowest BCUT2D eigenvalue weighted by atomic mass is 10.1. The SMILES string of the molecule is O=C(Cc1noc2ccccc12)Nc1cccc2cccnc12. The molecule has 5 nitrogen and oxygen atoms in total. The van der Waals surface area contributed by atoms with Gasteiger partial charge >= 0.3 is 0 Å². The lowest BCUT2D eigenvalue weighted by Crippen LogP contribution is -2.15. The molecule has 2 heterocycles. The molecule has 4 rings (SSSR count). The van der Waals surface area contributed by atoms with E-state index in [2.05, 4.69) is 15.5 Å². The van der Waals surface area contributed by atoms with Crippen molar-refractivity contribution in [2.45, 2.75) is 6.42 Å². The molecule has 0 spiro atoms. The van der Waals surface area contributed by atoms with Crippen molar-refractivity contribution in [3.8, 4) is 0 Å². The van der Waals surface area contributed by atoms with Crippen molar-refractivity contribution in [3.05, 3.63) is 66.5 Å². The van der Waals surface area contributed by atoms with E-state index in [9.17, 15) is 4.79 Å². The summed E-state index contributed by atoms with van der Waals surface area (Å²) in [5.41, 5.74) is 2.78. The van der Waals surface area contributed by atoms with E-state index in [1.165, 1.54) is 0 Å². The quantitative estimate of drug-likeness (QED) is 0.628. The van der Waals surface area contributed by atoms with Crippen molar-refractivity contribution < 1.29 is 9.32 Å². The number of anilines is 1. The van der Waals surface area contributed by atoms with Crippen LogP contribution >= 0.6 is 0 Å². The highest BCUT2D eigenvalue weighted by Crippen LogP contribution is 2.22. The molecule has 0 saturated carbocycles. The molecule has 0 aliphatic heterocycles.